The lowest BCUT2D eigenvalue weighted by Crippen LogP contribution is -2.50. The van der Waals surface area contributed by atoms with E-state index in [1.807, 2.05) is 41.3 Å². The van der Waals surface area contributed by atoms with Crippen LogP contribution in [0.15, 0.2) is 48.8 Å². The molecule has 5 rings (SSSR count). The predicted octanol–water partition coefficient (Wildman–Crippen LogP) is 2.99. The monoisotopic (exact) mass is 407 g/mol. The molecule has 0 bridgehead atoms. The summed E-state index contributed by atoms with van der Waals surface area (Å²) in [4.78, 5) is 28.2. The van der Waals surface area contributed by atoms with Gasteiger partial charge in [-0.3, -0.25) is 9.69 Å². The van der Waals surface area contributed by atoms with Gasteiger partial charge in [0.05, 0.1) is 12.1 Å². The van der Waals surface area contributed by atoms with E-state index in [-0.39, 0.29) is 5.91 Å². The SMILES string of the molecule is O=C(CN1CCN(c2ncnc3cc(Cl)ccc23)CC1)N1CCc2ccccc21. The molecule has 1 saturated heterocycles. The summed E-state index contributed by atoms with van der Waals surface area (Å²) in [5.74, 6) is 1.12. The first-order chi connectivity index (χ1) is 14.2. The lowest BCUT2D eigenvalue weighted by Gasteiger charge is -2.36. The van der Waals surface area contributed by atoms with Gasteiger partial charge in [0, 0.05) is 48.8 Å². The summed E-state index contributed by atoms with van der Waals surface area (Å²) in [7, 11) is 0. The smallest absolute Gasteiger partial charge is 0.241 e. The molecule has 29 heavy (non-hydrogen) atoms. The number of hydrogen-bond acceptors (Lipinski definition) is 5. The Balaban J connectivity index is 1.24. The first-order valence-corrected chi connectivity index (χ1v) is 10.3. The third-order valence-corrected chi connectivity index (χ3v) is 6.03. The Hall–Kier alpha value is -2.70. The number of anilines is 2. The van der Waals surface area contributed by atoms with Crippen LogP contribution in [0.3, 0.4) is 0 Å². The number of carbonyl (C=O) groups is 1. The fourth-order valence-electron chi connectivity index (χ4n) is 4.26. The van der Waals surface area contributed by atoms with Crippen LogP contribution in [-0.4, -0.2) is 60.0 Å². The van der Waals surface area contributed by atoms with E-state index in [9.17, 15) is 4.79 Å². The van der Waals surface area contributed by atoms with E-state index < -0.39 is 0 Å². The van der Waals surface area contributed by atoms with Crippen molar-refractivity contribution < 1.29 is 4.79 Å². The van der Waals surface area contributed by atoms with Gasteiger partial charge in [-0.2, -0.15) is 0 Å². The number of amides is 1. The molecule has 0 aliphatic carbocycles. The molecule has 2 aromatic carbocycles. The second kappa shape index (κ2) is 7.61. The van der Waals surface area contributed by atoms with Gasteiger partial charge >= 0.3 is 0 Å². The lowest BCUT2D eigenvalue weighted by molar-refractivity contribution is -0.119. The number of carbonyl (C=O) groups excluding carboxylic acids is 1. The molecule has 1 aromatic heterocycles. The van der Waals surface area contributed by atoms with Crippen LogP contribution in [0.25, 0.3) is 10.9 Å². The Morgan fingerprint density at radius 3 is 2.69 bits per heavy atom. The van der Waals surface area contributed by atoms with E-state index in [2.05, 4.69) is 25.8 Å². The van der Waals surface area contributed by atoms with Crippen LogP contribution in [-0.2, 0) is 11.2 Å². The second-order valence-electron chi connectivity index (χ2n) is 7.55. The summed E-state index contributed by atoms with van der Waals surface area (Å²) in [5.41, 5.74) is 3.19. The molecule has 148 valence electrons. The Bertz CT molecular complexity index is 1060. The van der Waals surface area contributed by atoms with Crippen molar-refractivity contribution in [3.8, 4) is 0 Å². The molecule has 2 aliphatic rings. The van der Waals surface area contributed by atoms with Gasteiger partial charge in [0.15, 0.2) is 0 Å². The van der Waals surface area contributed by atoms with Crippen molar-refractivity contribution in [1.29, 1.82) is 0 Å². The van der Waals surface area contributed by atoms with Crippen molar-refractivity contribution in [3.63, 3.8) is 0 Å². The Kier molecular flexibility index (Phi) is 4.81. The van der Waals surface area contributed by atoms with Gasteiger partial charge < -0.3 is 9.80 Å². The molecule has 1 fully saturated rings. The largest absolute Gasteiger partial charge is 0.353 e. The van der Waals surface area contributed by atoms with Crippen molar-refractivity contribution in [2.75, 3.05) is 49.1 Å². The summed E-state index contributed by atoms with van der Waals surface area (Å²) in [6, 6.07) is 13.9. The molecule has 1 amide bonds. The summed E-state index contributed by atoms with van der Waals surface area (Å²) < 4.78 is 0. The molecule has 0 unspecified atom stereocenters. The number of fused-ring (bicyclic) bond motifs is 2. The standard InChI is InChI=1S/C22H22ClN5O/c23-17-5-6-18-19(13-17)24-15-25-22(18)27-11-9-26(10-12-27)14-21(29)28-8-7-16-3-1-2-4-20(16)28/h1-6,13,15H,7-12,14H2. The number of para-hydroxylation sites is 1. The van der Waals surface area contributed by atoms with E-state index >= 15 is 0 Å². The average Bonchev–Trinajstić information content (AvgIpc) is 3.18. The minimum atomic E-state index is 0.186. The quantitative estimate of drug-likeness (QED) is 0.668. The molecule has 2 aliphatic heterocycles. The van der Waals surface area contributed by atoms with Gasteiger partial charge in [-0.25, -0.2) is 9.97 Å². The Morgan fingerprint density at radius 1 is 1.00 bits per heavy atom. The average molecular weight is 408 g/mol. The van der Waals surface area contributed by atoms with Crippen molar-refractivity contribution in [2.24, 2.45) is 0 Å². The van der Waals surface area contributed by atoms with Crippen molar-refractivity contribution in [1.82, 2.24) is 14.9 Å². The van der Waals surface area contributed by atoms with Crippen LogP contribution < -0.4 is 9.80 Å². The maximum Gasteiger partial charge on any atom is 0.241 e. The van der Waals surface area contributed by atoms with Crippen molar-refractivity contribution in [2.45, 2.75) is 6.42 Å². The van der Waals surface area contributed by atoms with Crippen LogP contribution in [0.4, 0.5) is 11.5 Å². The number of hydrogen-bond donors (Lipinski definition) is 0. The fraction of sp³-hybridized carbons (Fsp3) is 0.318. The molecule has 3 heterocycles. The highest BCUT2D eigenvalue weighted by atomic mass is 35.5. The zero-order valence-electron chi connectivity index (χ0n) is 16.1. The molecule has 6 nitrogen and oxygen atoms in total. The highest BCUT2D eigenvalue weighted by molar-refractivity contribution is 6.31. The van der Waals surface area contributed by atoms with E-state index in [4.69, 9.17) is 11.6 Å². The van der Waals surface area contributed by atoms with Crippen LogP contribution in [0, 0.1) is 0 Å². The van der Waals surface area contributed by atoms with Gasteiger partial charge in [-0.1, -0.05) is 29.8 Å². The number of nitrogens with zero attached hydrogens (tertiary/aromatic N) is 5. The van der Waals surface area contributed by atoms with Crippen LogP contribution in [0.1, 0.15) is 5.56 Å². The highest BCUT2D eigenvalue weighted by Gasteiger charge is 2.27. The molecule has 0 radical (unpaired) electrons. The number of piperazine rings is 1. The predicted molar refractivity (Wildman–Crippen MR) is 116 cm³/mol. The minimum absolute atomic E-state index is 0.186. The second-order valence-corrected chi connectivity index (χ2v) is 7.98. The minimum Gasteiger partial charge on any atom is -0.353 e. The Labute approximate surface area is 174 Å². The van der Waals surface area contributed by atoms with E-state index in [1.54, 1.807) is 6.33 Å². The van der Waals surface area contributed by atoms with Gasteiger partial charge in [0.1, 0.15) is 12.1 Å². The molecule has 0 atom stereocenters. The van der Waals surface area contributed by atoms with Gasteiger partial charge in [0.25, 0.3) is 0 Å². The summed E-state index contributed by atoms with van der Waals surface area (Å²) >= 11 is 6.09. The summed E-state index contributed by atoms with van der Waals surface area (Å²) in [6.07, 6.45) is 2.54. The molecular weight excluding hydrogens is 386 g/mol. The number of benzene rings is 2. The van der Waals surface area contributed by atoms with Crippen LogP contribution in [0.2, 0.25) is 5.02 Å². The highest BCUT2D eigenvalue weighted by Crippen LogP contribution is 2.28. The van der Waals surface area contributed by atoms with Crippen LogP contribution in [0.5, 0.6) is 0 Å². The molecule has 0 N–H and O–H groups in total. The number of halogens is 1. The van der Waals surface area contributed by atoms with Gasteiger partial charge in [0.2, 0.25) is 5.91 Å². The first-order valence-electron chi connectivity index (χ1n) is 9.95. The molecule has 0 spiro atoms. The number of rotatable bonds is 3. The maximum absolute atomic E-state index is 12.9. The normalized spacial score (nSPS) is 17.0. The summed E-state index contributed by atoms with van der Waals surface area (Å²) in [5, 5.41) is 1.68. The van der Waals surface area contributed by atoms with Crippen molar-refractivity contribution in [3.05, 3.63) is 59.4 Å². The lowest BCUT2D eigenvalue weighted by atomic mass is 10.2. The third-order valence-electron chi connectivity index (χ3n) is 5.80. The molecular formula is C22H22ClN5O. The van der Waals surface area contributed by atoms with Crippen LogP contribution >= 0.6 is 11.6 Å². The third kappa shape index (κ3) is 3.54. The summed E-state index contributed by atoms with van der Waals surface area (Å²) in [6.45, 7) is 4.58. The van der Waals surface area contributed by atoms with E-state index in [1.165, 1.54) is 5.56 Å². The van der Waals surface area contributed by atoms with E-state index in [0.29, 0.717) is 11.6 Å². The molecule has 7 heteroatoms. The maximum atomic E-state index is 12.9. The Morgan fingerprint density at radius 2 is 1.83 bits per heavy atom. The topological polar surface area (TPSA) is 52.6 Å². The first kappa shape index (κ1) is 18.3. The van der Waals surface area contributed by atoms with Gasteiger partial charge in [-0.15, -0.1) is 0 Å². The van der Waals surface area contributed by atoms with Gasteiger partial charge in [-0.05, 0) is 36.2 Å². The van der Waals surface area contributed by atoms with Crippen molar-refractivity contribution >= 4 is 39.9 Å². The fourth-order valence-corrected chi connectivity index (χ4v) is 4.43. The number of aromatic nitrogens is 2. The van der Waals surface area contributed by atoms with E-state index in [0.717, 1.165) is 61.6 Å². The molecule has 0 saturated carbocycles. The zero-order chi connectivity index (χ0) is 19.8. The molecule has 3 aromatic rings. The zero-order valence-corrected chi connectivity index (χ0v) is 16.8.